The molecule has 1 unspecified atom stereocenters. The van der Waals surface area contributed by atoms with Crippen molar-refractivity contribution < 1.29 is 22.7 Å². The minimum atomic E-state index is -3.46. The molecule has 1 atom stereocenters. The minimum Gasteiger partial charge on any atom is -0.450 e. The van der Waals surface area contributed by atoms with Gasteiger partial charge >= 0.3 is 6.09 Å². The van der Waals surface area contributed by atoms with Crippen molar-refractivity contribution in [2.24, 2.45) is 0 Å². The van der Waals surface area contributed by atoms with Gasteiger partial charge in [0, 0.05) is 45.0 Å². The van der Waals surface area contributed by atoms with Crippen molar-refractivity contribution in [3.8, 4) is 0 Å². The molecule has 2 heterocycles. The molecule has 0 aromatic heterocycles. The summed E-state index contributed by atoms with van der Waals surface area (Å²) in [5.41, 5.74) is 0.553. The summed E-state index contributed by atoms with van der Waals surface area (Å²) >= 11 is 0. The molecular formula is C20H30N4O5S. The first-order valence-corrected chi connectivity index (χ1v) is 11.8. The maximum Gasteiger partial charge on any atom is 0.409 e. The molecule has 0 radical (unpaired) electrons. The van der Waals surface area contributed by atoms with Crippen LogP contribution >= 0.6 is 0 Å². The molecule has 2 fully saturated rings. The SMILES string of the molecule is CCOC(=O)N1CCN(C(C)C(=O)Nc2ccc(S(=O)(=O)N3CCCC3)cc2)CC1. The lowest BCUT2D eigenvalue weighted by Crippen LogP contribution is -2.54. The Morgan fingerprint density at radius 2 is 1.63 bits per heavy atom. The van der Waals surface area contributed by atoms with E-state index in [1.54, 1.807) is 24.0 Å². The fourth-order valence-corrected chi connectivity index (χ4v) is 5.22. The largest absolute Gasteiger partial charge is 0.450 e. The molecule has 2 aliphatic heterocycles. The topological polar surface area (TPSA) is 99.3 Å². The summed E-state index contributed by atoms with van der Waals surface area (Å²) in [7, 11) is -3.46. The van der Waals surface area contributed by atoms with Gasteiger partial charge in [-0.3, -0.25) is 9.69 Å². The average molecular weight is 439 g/mol. The number of sulfonamides is 1. The van der Waals surface area contributed by atoms with Crippen LogP contribution < -0.4 is 5.32 Å². The zero-order valence-corrected chi connectivity index (χ0v) is 18.4. The zero-order chi connectivity index (χ0) is 21.7. The smallest absolute Gasteiger partial charge is 0.409 e. The number of rotatable bonds is 6. The van der Waals surface area contributed by atoms with Crippen LogP contribution in [0, 0.1) is 0 Å². The highest BCUT2D eigenvalue weighted by Gasteiger charge is 2.29. The maximum absolute atomic E-state index is 12.6. The molecule has 2 amide bonds. The van der Waals surface area contributed by atoms with Gasteiger partial charge in [-0.2, -0.15) is 4.31 Å². The standard InChI is InChI=1S/C20H30N4O5S/c1-3-29-20(26)23-14-12-22(13-15-23)16(2)19(25)21-17-6-8-18(9-7-17)30(27,28)24-10-4-5-11-24/h6-9,16H,3-5,10-15H2,1-2H3,(H,21,25). The van der Waals surface area contributed by atoms with Gasteiger partial charge in [0.25, 0.3) is 0 Å². The monoisotopic (exact) mass is 438 g/mol. The predicted molar refractivity (Wildman–Crippen MR) is 113 cm³/mol. The Kier molecular flexibility index (Phi) is 7.32. The summed E-state index contributed by atoms with van der Waals surface area (Å²) in [5, 5.41) is 2.85. The highest BCUT2D eigenvalue weighted by atomic mass is 32.2. The Bertz CT molecular complexity index is 844. The number of anilines is 1. The Balaban J connectivity index is 1.54. The molecule has 0 bridgehead atoms. The van der Waals surface area contributed by atoms with Crippen LogP contribution in [0.3, 0.4) is 0 Å². The highest BCUT2D eigenvalue weighted by molar-refractivity contribution is 7.89. The fraction of sp³-hybridized carbons (Fsp3) is 0.600. The van der Waals surface area contributed by atoms with E-state index in [4.69, 9.17) is 4.74 Å². The number of nitrogens with one attached hydrogen (secondary N) is 1. The van der Waals surface area contributed by atoms with Crippen molar-refractivity contribution in [3.63, 3.8) is 0 Å². The van der Waals surface area contributed by atoms with Crippen molar-refractivity contribution in [2.75, 3.05) is 51.2 Å². The molecule has 30 heavy (non-hydrogen) atoms. The Labute approximate surface area is 178 Å². The van der Waals surface area contributed by atoms with E-state index < -0.39 is 10.0 Å². The third-order valence-corrected chi connectivity index (χ3v) is 7.50. The van der Waals surface area contributed by atoms with Crippen LogP contribution in [0.2, 0.25) is 0 Å². The fourth-order valence-electron chi connectivity index (χ4n) is 3.71. The summed E-state index contributed by atoms with van der Waals surface area (Å²) in [6, 6.07) is 5.93. The van der Waals surface area contributed by atoms with Crippen LogP contribution in [0.25, 0.3) is 0 Å². The van der Waals surface area contributed by atoms with Gasteiger partial charge < -0.3 is 15.0 Å². The summed E-state index contributed by atoms with van der Waals surface area (Å²) < 4.78 is 31.7. The Hall–Kier alpha value is -2.17. The van der Waals surface area contributed by atoms with E-state index in [1.807, 2.05) is 11.8 Å². The summed E-state index contributed by atoms with van der Waals surface area (Å²) in [4.78, 5) is 28.3. The van der Waals surface area contributed by atoms with Gasteiger partial charge in [0.2, 0.25) is 15.9 Å². The number of amides is 2. The van der Waals surface area contributed by atoms with E-state index in [0.29, 0.717) is 51.6 Å². The van der Waals surface area contributed by atoms with E-state index in [-0.39, 0.29) is 22.9 Å². The van der Waals surface area contributed by atoms with Crippen LogP contribution in [-0.4, -0.2) is 86.4 Å². The van der Waals surface area contributed by atoms with E-state index in [1.165, 1.54) is 16.4 Å². The second-order valence-corrected chi connectivity index (χ2v) is 9.46. The molecule has 166 valence electrons. The van der Waals surface area contributed by atoms with Gasteiger partial charge in [0.1, 0.15) is 0 Å². The van der Waals surface area contributed by atoms with Crippen molar-refractivity contribution >= 4 is 27.7 Å². The molecule has 1 N–H and O–H groups in total. The number of nitrogens with zero attached hydrogens (tertiary/aromatic N) is 3. The van der Waals surface area contributed by atoms with Gasteiger partial charge in [-0.25, -0.2) is 13.2 Å². The van der Waals surface area contributed by atoms with Crippen molar-refractivity contribution in [2.45, 2.75) is 37.6 Å². The minimum absolute atomic E-state index is 0.172. The van der Waals surface area contributed by atoms with Gasteiger partial charge in [-0.1, -0.05) is 0 Å². The lowest BCUT2D eigenvalue weighted by Gasteiger charge is -2.36. The second-order valence-electron chi connectivity index (χ2n) is 7.52. The van der Waals surface area contributed by atoms with Crippen LogP contribution in [0.4, 0.5) is 10.5 Å². The van der Waals surface area contributed by atoms with Gasteiger partial charge in [-0.05, 0) is 51.0 Å². The number of benzene rings is 1. The van der Waals surface area contributed by atoms with E-state index in [2.05, 4.69) is 5.32 Å². The number of ether oxygens (including phenoxy) is 1. The normalized spacial score (nSPS) is 19.5. The zero-order valence-electron chi connectivity index (χ0n) is 17.5. The Morgan fingerprint density at radius 1 is 1.03 bits per heavy atom. The van der Waals surface area contributed by atoms with Gasteiger partial charge in [0.05, 0.1) is 17.5 Å². The van der Waals surface area contributed by atoms with Crippen LogP contribution in [-0.2, 0) is 19.6 Å². The summed E-state index contributed by atoms with van der Waals surface area (Å²) in [5.74, 6) is -0.172. The number of piperazine rings is 1. The van der Waals surface area contributed by atoms with Crippen LogP contribution in [0.5, 0.6) is 0 Å². The first-order valence-electron chi connectivity index (χ1n) is 10.4. The predicted octanol–water partition coefficient (Wildman–Crippen LogP) is 1.57. The van der Waals surface area contributed by atoms with Crippen LogP contribution in [0.1, 0.15) is 26.7 Å². The molecular weight excluding hydrogens is 408 g/mol. The highest BCUT2D eigenvalue weighted by Crippen LogP contribution is 2.22. The average Bonchev–Trinajstić information content (AvgIpc) is 3.30. The quantitative estimate of drug-likeness (QED) is 0.724. The van der Waals surface area contributed by atoms with Crippen molar-refractivity contribution in [3.05, 3.63) is 24.3 Å². The summed E-state index contributed by atoms with van der Waals surface area (Å²) in [6.45, 7) is 7.25. The molecule has 9 nitrogen and oxygen atoms in total. The molecule has 2 aliphatic rings. The van der Waals surface area contributed by atoms with Crippen molar-refractivity contribution in [1.29, 1.82) is 0 Å². The van der Waals surface area contributed by atoms with E-state index >= 15 is 0 Å². The van der Waals surface area contributed by atoms with E-state index in [0.717, 1.165) is 12.8 Å². The number of carbonyl (C=O) groups excluding carboxylic acids is 2. The maximum atomic E-state index is 12.6. The van der Waals surface area contributed by atoms with E-state index in [9.17, 15) is 18.0 Å². The molecule has 1 aromatic carbocycles. The first kappa shape index (κ1) is 22.5. The molecule has 0 saturated carbocycles. The number of hydrogen-bond acceptors (Lipinski definition) is 6. The second kappa shape index (κ2) is 9.76. The van der Waals surface area contributed by atoms with Gasteiger partial charge in [0.15, 0.2) is 0 Å². The molecule has 1 aromatic rings. The molecule has 3 rings (SSSR count). The lowest BCUT2D eigenvalue weighted by molar-refractivity contribution is -0.121. The third-order valence-electron chi connectivity index (χ3n) is 5.59. The molecule has 2 saturated heterocycles. The van der Waals surface area contributed by atoms with Gasteiger partial charge in [-0.15, -0.1) is 0 Å². The van der Waals surface area contributed by atoms with Crippen molar-refractivity contribution in [1.82, 2.24) is 14.1 Å². The third kappa shape index (κ3) is 5.11. The Morgan fingerprint density at radius 3 is 2.20 bits per heavy atom. The molecule has 10 heteroatoms. The number of carbonyl (C=O) groups is 2. The summed E-state index contributed by atoms with van der Waals surface area (Å²) in [6.07, 6.45) is 1.46. The molecule has 0 spiro atoms. The molecule has 0 aliphatic carbocycles. The first-order chi connectivity index (χ1) is 14.3. The van der Waals surface area contributed by atoms with Crippen LogP contribution in [0.15, 0.2) is 29.2 Å². The lowest BCUT2D eigenvalue weighted by atomic mass is 10.2. The number of hydrogen-bond donors (Lipinski definition) is 1.